The van der Waals surface area contributed by atoms with E-state index in [1.54, 1.807) is 12.5 Å². The third-order valence-electron chi connectivity index (χ3n) is 2.12. The molecule has 0 spiro atoms. The van der Waals surface area contributed by atoms with Crippen LogP contribution in [0.15, 0.2) is 23.0 Å². The molecule has 0 aliphatic rings. The Morgan fingerprint density at radius 2 is 2.23 bits per heavy atom. The van der Waals surface area contributed by atoms with E-state index in [0.717, 1.165) is 13.1 Å². The fourth-order valence-electron chi connectivity index (χ4n) is 1.30. The highest BCUT2D eigenvalue weighted by Gasteiger charge is 1.92. The Kier molecular flexibility index (Phi) is 5.34. The Hall–Kier alpha value is -0.760. The summed E-state index contributed by atoms with van der Waals surface area (Å²) in [4.78, 5) is 0. The molecule has 0 aromatic carbocycles. The summed E-state index contributed by atoms with van der Waals surface area (Å²) in [6.45, 7) is 4.28. The summed E-state index contributed by atoms with van der Waals surface area (Å²) in [5.41, 5.74) is 1.23. The summed E-state index contributed by atoms with van der Waals surface area (Å²) in [5.74, 6) is 0. The lowest BCUT2D eigenvalue weighted by Crippen LogP contribution is -2.13. The third-order valence-corrected chi connectivity index (χ3v) is 2.12. The molecule has 0 amide bonds. The molecule has 0 aliphatic carbocycles. The van der Waals surface area contributed by atoms with E-state index in [4.69, 9.17) is 4.42 Å². The van der Waals surface area contributed by atoms with Gasteiger partial charge >= 0.3 is 0 Å². The van der Waals surface area contributed by atoms with Crippen LogP contribution < -0.4 is 5.32 Å². The van der Waals surface area contributed by atoms with Crippen LogP contribution in [0.2, 0.25) is 0 Å². The monoisotopic (exact) mass is 181 g/mol. The SMILES string of the molecule is CCCCCCNCc1ccoc1. The summed E-state index contributed by atoms with van der Waals surface area (Å²) in [6, 6.07) is 2.00. The number of unbranched alkanes of at least 4 members (excludes halogenated alkanes) is 3. The minimum absolute atomic E-state index is 0.933. The van der Waals surface area contributed by atoms with Crippen molar-refractivity contribution in [2.24, 2.45) is 0 Å². The van der Waals surface area contributed by atoms with Gasteiger partial charge in [0, 0.05) is 12.1 Å². The van der Waals surface area contributed by atoms with Crippen LogP contribution in [0.4, 0.5) is 0 Å². The molecule has 13 heavy (non-hydrogen) atoms. The highest BCUT2D eigenvalue weighted by Crippen LogP contribution is 2.00. The molecule has 0 bridgehead atoms. The van der Waals surface area contributed by atoms with E-state index in [9.17, 15) is 0 Å². The maximum Gasteiger partial charge on any atom is 0.0947 e. The van der Waals surface area contributed by atoms with Gasteiger partial charge in [0.2, 0.25) is 0 Å². The van der Waals surface area contributed by atoms with E-state index in [1.165, 1.54) is 31.2 Å². The summed E-state index contributed by atoms with van der Waals surface area (Å²) in [6.07, 6.45) is 8.79. The molecule has 1 aromatic heterocycles. The van der Waals surface area contributed by atoms with Gasteiger partial charge in [0.15, 0.2) is 0 Å². The smallest absolute Gasteiger partial charge is 0.0947 e. The predicted molar refractivity (Wildman–Crippen MR) is 54.6 cm³/mol. The zero-order chi connectivity index (χ0) is 9.36. The molecule has 0 radical (unpaired) electrons. The van der Waals surface area contributed by atoms with Crippen molar-refractivity contribution in [3.63, 3.8) is 0 Å². The summed E-state index contributed by atoms with van der Waals surface area (Å²) >= 11 is 0. The molecule has 0 fully saturated rings. The first-order chi connectivity index (χ1) is 6.43. The van der Waals surface area contributed by atoms with Crippen LogP contribution >= 0.6 is 0 Å². The average Bonchev–Trinajstić information content (AvgIpc) is 2.63. The van der Waals surface area contributed by atoms with Gasteiger partial charge in [-0.1, -0.05) is 26.2 Å². The van der Waals surface area contributed by atoms with E-state index < -0.39 is 0 Å². The number of hydrogen-bond donors (Lipinski definition) is 1. The molecular weight excluding hydrogens is 162 g/mol. The largest absolute Gasteiger partial charge is 0.472 e. The molecule has 0 atom stereocenters. The van der Waals surface area contributed by atoms with Gasteiger partial charge in [-0.25, -0.2) is 0 Å². The lowest BCUT2D eigenvalue weighted by molar-refractivity contribution is 0.556. The molecule has 74 valence electrons. The second-order valence-electron chi connectivity index (χ2n) is 3.37. The number of furan rings is 1. The lowest BCUT2D eigenvalue weighted by atomic mass is 10.2. The van der Waals surface area contributed by atoms with Crippen LogP contribution in [-0.4, -0.2) is 6.54 Å². The second kappa shape index (κ2) is 6.72. The molecule has 0 aliphatic heterocycles. The maximum atomic E-state index is 4.97. The molecule has 2 heteroatoms. The Bertz CT molecular complexity index is 194. The topological polar surface area (TPSA) is 25.2 Å². The van der Waals surface area contributed by atoms with Crippen LogP contribution in [0.1, 0.15) is 38.2 Å². The summed E-state index contributed by atoms with van der Waals surface area (Å²) < 4.78 is 4.97. The maximum absolute atomic E-state index is 4.97. The van der Waals surface area contributed by atoms with Gasteiger partial charge < -0.3 is 9.73 Å². The predicted octanol–water partition coefficient (Wildman–Crippen LogP) is 2.95. The van der Waals surface area contributed by atoms with Crippen molar-refractivity contribution in [3.05, 3.63) is 24.2 Å². The van der Waals surface area contributed by atoms with Crippen molar-refractivity contribution in [2.45, 2.75) is 39.2 Å². The van der Waals surface area contributed by atoms with Gasteiger partial charge in [-0.3, -0.25) is 0 Å². The highest BCUT2D eigenvalue weighted by molar-refractivity contribution is 5.04. The molecule has 1 heterocycles. The third kappa shape index (κ3) is 4.73. The van der Waals surface area contributed by atoms with Crippen molar-refractivity contribution < 1.29 is 4.42 Å². The van der Waals surface area contributed by atoms with Crippen LogP contribution in [0, 0.1) is 0 Å². The quantitative estimate of drug-likeness (QED) is 0.654. The van der Waals surface area contributed by atoms with Gasteiger partial charge in [0.1, 0.15) is 0 Å². The van der Waals surface area contributed by atoms with E-state index in [1.807, 2.05) is 6.07 Å². The van der Waals surface area contributed by atoms with Crippen molar-refractivity contribution in [1.29, 1.82) is 0 Å². The van der Waals surface area contributed by atoms with Gasteiger partial charge in [0.25, 0.3) is 0 Å². The van der Waals surface area contributed by atoms with E-state index in [2.05, 4.69) is 12.2 Å². The van der Waals surface area contributed by atoms with Crippen molar-refractivity contribution in [3.8, 4) is 0 Å². The standard InChI is InChI=1S/C11H19NO/c1-2-3-4-5-7-12-9-11-6-8-13-10-11/h6,8,10,12H,2-5,7,9H2,1H3. The molecular formula is C11H19NO. The average molecular weight is 181 g/mol. The fraction of sp³-hybridized carbons (Fsp3) is 0.636. The number of hydrogen-bond acceptors (Lipinski definition) is 2. The van der Waals surface area contributed by atoms with Gasteiger partial charge in [-0.2, -0.15) is 0 Å². The minimum Gasteiger partial charge on any atom is -0.472 e. The van der Waals surface area contributed by atoms with E-state index in [-0.39, 0.29) is 0 Å². The molecule has 0 saturated carbocycles. The highest BCUT2D eigenvalue weighted by atomic mass is 16.3. The first kappa shape index (κ1) is 10.3. The first-order valence-corrected chi connectivity index (χ1v) is 5.15. The Morgan fingerprint density at radius 1 is 1.31 bits per heavy atom. The van der Waals surface area contributed by atoms with Crippen LogP contribution in [-0.2, 0) is 6.54 Å². The number of rotatable bonds is 7. The summed E-state index contributed by atoms with van der Waals surface area (Å²) in [5, 5.41) is 3.39. The van der Waals surface area contributed by atoms with Crippen LogP contribution in [0.3, 0.4) is 0 Å². The fourth-order valence-corrected chi connectivity index (χ4v) is 1.30. The zero-order valence-electron chi connectivity index (χ0n) is 8.38. The molecule has 0 saturated heterocycles. The van der Waals surface area contributed by atoms with Crippen molar-refractivity contribution >= 4 is 0 Å². The van der Waals surface area contributed by atoms with Crippen molar-refractivity contribution in [1.82, 2.24) is 5.32 Å². The summed E-state index contributed by atoms with van der Waals surface area (Å²) in [7, 11) is 0. The van der Waals surface area contributed by atoms with Gasteiger partial charge in [0.05, 0.1) is 12.5 Å². The normalized spacial score (nSPS) is 10.5. The van der Waals surface area contributed by atoms with Gasteiger partial charge in [-0.15, -0.1) is 0 Å². The van der Waals surface area contributed by atoms with Crippen molar-refractivity contribution in [2.75, 3.05) is 6.54 Å². The Balaban J connectivity index is 1.90. The molecule has 0 unspecified atom stereocenters. The molecule has 1 aromatic rings. The van der Waals surface area contributed by atoms with Crippen LogP contribution in [0.5, 0.6) is 0 Å². The first-order valence-electron chi connectivity index (χ1n) is 5.15. The second-order valence-corrected chi connectivity index (χ2v) is 3.37. The van der Waals surface area contributed by atoms with E-state index >= 15 is 0 Å². The number of nitrogens with one attached hydrogen (secondary N) is 1. The van der Waals surface area contributed by atoms with Crippen LogP contribution in [0.25, 0.3) is 0 Å². The van der Waals surface area contributed by atoms with E-state index in [0.29, 0.717) is 0 Å². The molecule has 1 rings (SSSR count). The Labute approximate surface area is 80.3 Å². The molecule has 2 nitrogen and oxygen atoms in total. The lowest BCUT2D eigenvalue weighted by Gasteiger charge is -2.01. The van der Waals surface area contributed by atoms with Gasteiger partial charge in [-0.05, 0) is 19.0 Å². The molecule has 1 N–H and O–H groups in total. The zero-order valence-corrected chi connectivity index (χ0v) is 8.38. The Morgan fingerprint density at radius 3 is 2.92 bits per heavy atom. The minimum atomic E-state index is 0.933.